The van der Waals surface area contributed by atoms with Crippen molar-refractivity contribution >= 4 is 87.0 Å². The number of fused-ring (bicyclic) bond motifs is 14. The molecule has 0 aliphatic rings. The zero-order valence-electron chi connectivity index (χ0n) is 29.0. The number of nitrogens with zero attached hydrogens (tertiary/aromatic N) is 3. The Hall–Kier alpha value is -7.30. The summed E-state index contributed by atoms with van der Waals surface area (Å²) in [5.41, 5.74) is 9.42. The van der Waals surface area contributed by atoms with Crippen LogP contribution in [0.1, 0.15) is 0 Å². The molecule has 0 bridgehead atoms. The molecular formula is C50H29N3O. The van der Waals surface area contributed by atoms with Crippen LogP contribution in [0.3, 0.4) is 0 Å². The zero-order valence-corrected chi connectivity index (χ0v) is 29.0. The second kappa shape index (κ2) is 11.1. The second-order valence-electron chi connectivity index (χ2n) is 14.1. The van der Waals surface area contributed by atoms with Crippen LogP contribution in [0, 0.1) is 0 Å². The maximum atomic E-state index is 6.80. The highest BCUT2D eigenvalue weighted by Gasteiger charge is 2.21. The maximum Gasteiger partial charge on any atom is 0.235 e. The lowest BCUT2D eigenvalue weighted by Crippen LogP contribution is -2.02. The maximum absolute atomic E-state index is 6.80. The van der Waals surface area contributed by atoms with Crippen LogP contribution < -0.4 is 0 Å². The average molecular weight is 688 g/mol. The Morgan fingerprint density at radius 3 is 1.94 bits per heavy atom. The number of para-hydroxylation sites is 1. The highest BCUT2D eigenvalue weighted by Crippen LogP contribution is 2.44. The summed E-state index contributed by atoms with van der Waals surface area (Å²) in [5.74, 6) is 0.636. The van der Waals surface area contributed by atoms with Crippen LogP contribution in [0.5, 0.6) is 0 Å². The molecule has 12 rings (SSSR count). The summed E-state index contributed by atoms with van der Waals surface area (Å²) in [4.78, 5) is 10.6. The molecule has 4 nitrogen and oxygen atoms in total. The zero-order chi connectivity index (χ0) is 35.3. The van der Waals surface area contributed by atoms with Crippen LogP contribution in [-0.2, 0) is 0 Å². The molecule has 0 aliphatic heterocycles. The van der Waals surface area contributed by atoms with E-state index in [-0.39, 0.29) is 0 Å². The van der Waals surface area contributed by atoms with Crippen molar-refractivity contribution in [2.45, 2.75) is 0 Å². The normalized spacial score (nSPS) is 12.1. The van der Waals surface area contributed by atoms with Gasteiger partial charge in [-0.1, -0.05) is 140 Å². The standard InChI is InChI=1S/C50H29N3O/c1-2-13-30(14-3-1)31-16-12-17-32(25-31)40-26-33-15-4-5-18-34(33)48-43(40)29-51-50(52-48)53-44-24-11-10-21-37(44)41-28-46-42(27-45(41)53)47-38-22-8-6-19-35(38)36-20-7-9-23-39(36)49(47)54-46/h1-29H. The van der Waals surface area contributed by atoms with Crippen LogP contribution in [0.4, 0.5) is 0 Å². The first-order valence-electron chi connectivity index (χ1n) is 18.3. The summed E-state index contributed by atoms with van der Waals surface area (Å²) in [6.07, 6.45) is 2.01. The molecule has 3 aromatic heterocycles. The SMILES string of the molecule is c1ccc(-c2cccc(-c3cc4ccccc4c4nc(-n5c6ccccc6c6cc7oc8c9ccccc9c9ccccc9c8c7cc65)ncc34)c2)cc1. The first-order chi connectivity index (χ1) is 26.8. The van der Waals surface area contributed by atoms with E-state index in [2.05, 4.69) is 174 Å². The lowest BCUT2D eigenvalue weighted by atomic mass is 9.94. The van der Waals surface area contributed by atoms with Gasteiger partial charge in [0, 0.05) is 43.9 Å². The number of hydrogen-bond acceptors (Lipinski definition) is 3. The number of hydrogen-bond donors (Lipinski definition) is 0. The molecule has 0 radical (unpaired) electrons. The summed E-state index contributed by atoms with van der Waals surface area (Å²) in [6.45, 7) is 0. The van der Waals surface area contributed by atoms with Crippen molar-refractivity contribution in [2.75, 3.05) is 0 Å². The lowest BCUT2D eigenvalue weighted by molar-refractivity contribution is 0.673. The summed E-state index contributed by atoms with van der Waals surface area (Å²) in [7, 11) is 0. The van der Waals surface area contributed by atoms with E-state index in [1.54, 1.807) is 0 Å². The Kier molecular flexibility index (Phi) is 6.02. The number of rotatable bonds is 3. The topological polar surface area (TPSA) is 43.9 Å². The Morgan fingerprint density at radius 1 is 0.426 bits per heavy atom. The van der Waals surface area contributed by atoms with Gasteiger partial charge in [-0.3, -0.25) is 4.57 Å². The lowest BCUT2D eigenvalue weighted by Gasteiger charge is -2.13. The summed E-state index contributed by atoms with van der Waals surface area (Å²) in [5, 5.41) is 12.4. The number of aromatic nitrogens is 3. The van der Waals surface area contributed by atoms with Crippen molar-refractivity contribution in [3.63, 3.8) is 0 Å². The minimum atomic E-state index is 0.636. The van der Waals surface area contributed by atoms with Crippen LogP contribution >= 0.6 is 0 Å². The largest absolute Gasteiger partial charge is 0.455 e. The Bertz CT molecular complexity index is 3500. The van der Waals surface area contributed by atoms with Gasteiger partial charge in [-0.15, -0.1) is 0 Å². The fraction of sp³-hybridized carbons (Fsp3) is 0. The molecule has 0 unspecified atom stereocenters. The van der Waals surface area contributed by atoms with E-state index < -0.39 is 0 Å². The van der Waals surface area contributed by atoms with E-state index >= 15 is 0 Å². The van der Waals surface area contributed by atoms with Gasteiger partial charge in [0.15, 0.2) is 0 Å². The molecule has 12 aromatic rings. The van der Waals surface area contributed by atoms with Crippen molar-refractivity contribution in [3.8, 4) is 28.2 Å². The van der Waals surface area contributed by atoms with Gasteiger partial charge < -0.3 is 4.42 Å². The predicted molar refractivity (Wildman–Crippen MR) is 225 cm³/mol. The highest BCUT2D eigenvalue weighted by atomic mass is 16.3. The van der Waals surface area contributed by atoms with E-state index in [4.69, 9.17) is 14.4 Å². The molecule has 54 heavy (non-hydrogen) atoms. The minimum Gasteiger partial charge on any atom is -0.455 e. The molecule has 0 saturated heterocycles. The molecular weight excluding hydrogens is 659 g/mol. The van der Waals surface area contributed by atoms with Gasteiger partial charge in [0.1, 0.15) is 11.2 Å². The second-order valence-corrected chi connectivity index (χ2v) is 14.1. The van der Waals surface area contributed by atoms with E-state index in [0.717, 1.165) is 81.9 Å². The van der Waals surface area contributed by atoms with Crippen LogP contribution in [0.25, 0.3) is 115 Å². The van der Waals surface area contributed by atoms with Gasteiger partial charge in [-0.05, 0) is 74.1 Å². The van der Waals surface area contributed by atoms with E-state index in [1.165, 1.54) is 27.3 Å². The average Bonchev–Trinajstić information content (AvgIpc) is 3.78. The summed E-state index contributed by atoms with van der Waals surface area (Å²) < 4.78 is 9.03. The van der Waals surface area contributed by atoms with Gasteiger partial charge in [-0.25, -0.2) is 9.97 Å². The molecule has 0 spiro atoms. The van der Waals surface area contributed by atoms with Crippen molar-refractivity contribution in [2.24, 2.45) is 0 Å². The molecule has 0 amide bonds. The van der Waals surface area contributed by atoms with Gasteiger partial charge in [0.2, 0.25) is 5.95 Å². The smallest absolute Gasteiger partial charge is 0.235 e. The summed E-state index contributed by atoms with van der Waals surface area (Å²) in [6, 6.07) is 60.3. The summed E-state index contributed by atoms with van der Waals surface area (Å²) >= 11 is 0. The third-order valence-electron chi connectivity index (χ3n) is 11.2. The van der Waals surface area contributed by atoms with E-state index in [1.807, 2.05) is 6.20 Å². The van der Waals surface area contributed by atoms with Gasteiger partial charge in [-0.2, -0.15) is 0 Å². The monoisotopic (exact) mass is 687 g/mol. The quantitative estimate of drug-likeness (QED) is 0.174. The Labute approximate surface area is 309 Å². The fourth-order valence-electron chi connectivity index (χ4n) is 8.77. The Morgan fingerprint density at radius 2 is 1.09 bits per heavy atom. The minimum absolute atomic E-state index is 0.636. The van der Waals surface area contributed by atoms with E-state index in [0.29, 0.717) is 5.95 Å². The first kappa shape index (κ1) is 29.3. The fourth-order valence-corrected chi connectivity index (χ4v) is 8.77. The van der Waals surface area contributed by atoms with Crippen molar-refractivity contribution in [1.82, 2.24) is 14.5 Å². The Balaban J connectivity index is 1.15. The molecule has 0 fully saturated rings. The molecule has 0 atom stereocenters. The van der Waals surface area contributed by atoms with E-state index in [9.17, 15) is 0 Å². The molecule has 0 N–H and O–H groups in total. The van der Waals surface area contributed by atoms with Crippen LogP contribution in [0.2, 0.25) is 0 Å². The predicted octanol–water partition coefficient (Wildman–Crippen LogP) is 13.4. The first-order valence-corrected chi connectivity index (χ1v) is 18.3. The van der Waals surface area contributed by atoms with Crippen LogP contribution in [-0.4, -0.2) is 14.5 Å². The van der Waals surface area contributed by atoms with Gasteiger partial charge >= 0.3 is 0 Å². The third kappa shape index (κ3) is 4.13. The van der Waals surface area contributed by atoms with Gasteiger partial charge in [0.05, 0.1) is 16.6 Å². The van der Waals surface area contributed by atoms with Crippen molar-refractivity contribution in [1.29, 1.82) is 0 Å². The number of furan rings is 1. The molecule has 3 heterocycles. The van der Waals surface area contributed by atoms with Crippen molar-refractivity contribution in [3.05, 3.63) is 176 Å². The molecule has 0 saturated carbocycles. The molecule has 250 valence electrons. The van der Waals surface area contributed by atoms with Crippen LogP contribution in [0.15, 0.2) is 180 Å². The van der Waals surface area contributed by atoms with Crippen molar-refractivity contribution < 1.29 is 4.42 Å². The molecule has 0 aliphatic carbocycles. The molecule has 4 heteroatoms. The highest BCUT2D eigenvalue weighted by molar-refractivity contribution is 6.31. The third-order valence-corrected chi connectivity index (χ3v) is 11.2. The molecule has 9 aromatic carbocycles. The number of benzene rings is 9. The van der Waals surface area contributed by atoms with Gasteiger partial charge in [0.25, 0.3) is 0 Å².